The van der Waals surface area contributed by atoms with E-state index in [1.165, 1.54) is 11.4 Å². The molecule has 0 radical (unpaired) electrons. The first-order chi connectivity index (χ1) is 10.3. The summed E-state index contributed by atoms with van der Waals surface area (Å²) in [6.45, 7) is 0.511. The Balaban J connectivity index is 1.86. The van der Waals surface area contributed by atoms with Crippen molar-refractivity contribution in [2.75, 3.05) is 20.2 Å². The minimum absolute atomic E-state index is 0.0391. The summed E-state index contributed by atoms with van der Waals surface area (Å²) < 4.78 is 35.3. The van der Waals surface area contributed by atoms with Crippen molar-refractivity contribution in [1.29, 1.82) is 0 Å². The Bertz CT molecular complexity index is 708. The number of hydrogen-bond acceptors (Lipinski definition) is 5. The van der Waals surface area contributed by atoms with Crippen molar-refractivity contribution in [3.63, 3.8) is 0 Å². The molecule has 0 atom stereocenters. The first kappa shape index (κ1) is 15.3. The summed E-state index contributed by atoms with van der Waals surface area (Å²) in [4.78, 5) is 12.5. The molecule has 1 aromatic rings. The third-order valence-corrected chi connectivity index (χ3v) is 5.37. The molecule has 0 amide bonds. The normalized spacial score (nSPS) is 21.3. The smallest absolute Gasteiger partial charge is 0.276 e. The zero-order valence-electron chi connectivity index (χ0n) is 12.2. The number of methoxy groups -OCH3 is 1. The van der Waals surface area contributed by atoms with E-state index in [-0.39, 0.29) is 25.3 Å². The van der Waals surface area contributed by atoms with Crippen LogP contribution < -0.4 is 14.6 Å². The molecule has 0 bridgehead atoms. The van der Waals surface area contributed by atoms with Crippen LogP contribution in [0.1, 0.15) is 29.6 Å². The number of hydrogen-bond donors (Lipinski definition) is 1. The van der Waals surface area contributed by atoms with E-state index in [9.17, 15) is 13.2 Å². The van der Waals surface area contributed by atoms with Crippen molar-refractivity contribution in [1.82, 2.24) is 4.31 Å². The zero-order chi connectivity index (χ0) is 16.0. The van der Waals surface area contributed by atoms with Gasteiger partial charge in [-0.25, -0.2) is 5.14 Å². The number of piperidine rings is 1. The highest BCUT2D eigenvalue weighted by Crippen LogP contribution is 2.42. The first-order valence-electron chi connectivity index (χ1n) is 7.02. The molecule has 2 N–H and O–H groups in total. The molecule has 0 unspecified atom stereocenters. The molecule has 2 aliphatic rings. The van der Waals surface area contributed by atoms with E-state index in [4.69, 9.17) is 14.6 Å². The third kappa shape index (κ3) is 2.57. The molecular weight excluding hydrogens is 308 g/mol. The summed E-state index contributed by atoms with van der Waals surface area (Å²) in [6, 6.07) is 5.23. The molecule has 22 heavy (non-hydrogen) atoms. The van der Waals surface area contributed by atoms with Crippen LogP contribution in [0.3, 0.4) is 0 Å². The van der Waals surface area contributed by atoms with E-state index in [1.54, 1.807) is 18.2 Å². The minimum atomic E-state index is -3.69. The number of nitrogens with two attached hydrogens (primary N) is 1. The molecule has 8 heteroatoms. The maximum Gasteiger partial charge on any atom is 0.276 e. The van der Waals surface area contributed by atoms with Gasteiger partial charge >= 0.3 is 0 Å². The van der Waals surface area contributed by atoms with Crippen molar-refractivity contribution in [2.24, 2.45) is 5.14 Å². The van der Waals surface area contributed by atoms with Gasteiger partial charge in [0.25, 0.3) is 10.2 Å². The van der Waals surface area contributed by atoms with Crippen molar-refractivity contribution in [3.8, 4) is 11.5 Å². The molecule has 120 valence electrons. The van der Waals surface area contributed by atoms with E-state index < -0.39 is 15.8 Å². The van der Waals surface area contributed by atoms with Crippen LogP contribution in [0, 0.1) is 0 Å². The van der Waals surface area contributed by atoms with Crippen LogP contribution in [-0.4, -0.2) is 44.3 Å². The molecule has 0 saturated carbocycles. The average molecular weight is 326 g/mol. The SMILES string of the molecule is COc1cccc2c1C(=O)CC1(CCN(S(N)(=O)=O)CC1)O2. The van der Waals surface area contributed by atoms with Crippen LogP contribution in [0.2, 0.25) is 0 Å². The minimum Gasteiger partial charge on any atom is -0.496 e. The summed E-state index contributed by atoms with van der Waals surface area (Å²) in [7, 11) is -2.18. The van der Waals surface area contributed by atoms with Gasteiger partial charge in [0.1, 0.15) is 22.7 Å². The highest BCUT2D eigenvalue weighted by molar-refractivity contribution is 7.86. The van der Waals surface area contributed by atoms with Gasteiger partial charge < -0.3 is 9.47 Å². The largest absolute Gasteiger partial charge is 0.496 e. The van der Waals surface area contributed by atoms with Crippen molar-refractivity contribution in [2.45, 2.75) is 24.9 Å². The molecule has 1 saturated heterocycles. The van der Waals surface area contributed by atoms with Crippen LogP contribution >= 0.6 is 0 Å². The van der Waals surface area contributed by atoms with E-state index in [2.05, 4.69) is 0 Å². The predicted molar refractivity (Wildman–Crippen MR) is 79.2 cm³/mol. The van der Waals surface area contributed by atoms with Crippen molar-refractivity contribution < 1.29 is 22.7 Å². The lowest BCUT2D eigenvalue weighted by molar-refractivity contribution is 0.00555. The Kier molecular flexibility index (Phi) is 3.62. The lowest BCUT2D eigenvalue weighted by Gasteiger charge is -2.43. The number of rotatable bonds is 2. The van der Waals surface area contributed by atoms with Crippen molar-refractivity contribution >= 4 is 16.0 Å². The van der Waals surface area contributed by atoms with Gasteiger partial charge in [0.15, 0.2) is 5.78 Å². The van der Waals surface area contributed by atoms with Crippen LogP contribution in [0.5, 0.6) is 11.5 Å². The van der Waals surface area contributed by atoms with E-state index >= 15 is 0 Å². The summed E-state index contributed by atoms with van der Waals surface area (Å²) in [5.41, 5.74) is -0.193. The Morgan fingerprint density at radius 2 is 2.00 bits per heavy atom. The summed E-state index contributed by atoms with van der Waals surface area (Å²) in [5, 5.41) is 5.14. The molecular formula is C14H18N2O5S. The van der Waals surface area contributed by atoms with Crippen LogP contribution in [0.15, 0.2) is 18.2 Å². The number of fused-ring (bicyclic) bond motifs is 1. The lowest BCUT2D eigenvalue weighted by atomic mass is 9.83. The van der Waals surface area contributed by atoms with Gasteiger partial charge in [-0.2, -0.15) is 12.7 Å². The lowest BCUT2D eigenvalue weighted by Crippen LogP contribution is -2.53. The van der Waals surface area contributed by atoms with Crippen LogP contribution in [-0.2, 0) is 10.2 Å². The average Bonchev–Trinajstić information content (AvgIpc) is 2.45. The topological polar surface area (TPSA) is 98.9 Å². The highest BCUT2D eigenvalue weighted by atomic mass is 32.2. The Morgan fingerprint density at radius 3 is 2.59 bits per heavy atom. The second-order valence-corrected chi connectivity index (χ2v) is 7.21. The molecule has 1 spiro atoms. The number of carbonyl (C=O) groups excluding carboxylic acids is 1. The standard InChI is InChI=1S/C14H18N2O5S/c1-20-11-3-2-4-12-13(11)10(17)9-14(21-12)5-7-16(8-6-14)22(15,18)19/h2-4H,5-9H2,1H3,(H2,15,18,19). The van der Waals surface area contributed by atoms with Gasteiger partial charge in [-0.1, -0.05) is 6.07 Å². The maximum atomic E-state index is 12.5. The molecule has 3 rings (SSSR count). The van der Waals surface area contributed by atoms with Gasteiger partial charge in [0.05, 0.1) is 13.5 Å². The summed E-state index contributed by atoms with van der Waals surface area (Å²) in [6.07, 6.45) is 1.09. The zero-order valence-corrected chi connectivity index (χ0v) is 13.1. The Morgan fingerprint density at radius 1 is 1.32 bits per heavy atom. The summed E-state index contributed by atoms with van der Waals surface area (Å²) >= 11 is 0. The molecule has 1 aromatic carbocycles. The second-order valence-electron chi connectivity index (χ2n) is 5.66. The predicted octanol–water partition coefficient (Wildman–Crippen LogP) is 0.699. The quantitative estimate of drug-likeness (QED) is 0.862. The van der Waals surface area contributed by atoms with Gasteiger partial charge in [0.2, 0.25) is 0 Å². The van der Waals surface area contributed by atoms with Gasteiger partial charge in [0, 0.05) is 25.9 Å². The highest BCUT2D eigenvalue weighted by Gasteiger charge is 2.45. The molecule has 7 nitrogen and oxygen atoms in total. The Labute approximate surface area is 129 Å². The number of ether oxygens (including phenoxy) is 2. The number of Topliss-reactive ketones (excluding diaryl/α,β-unsaturated/α-hetero) is 1. The van der Waals surface area contributed by atoms with E-state index in [0.29, 0.717) is 29.9 Å². The maximum absolute atomic E-state index is 12.5. The third-order valence-electron chi connectivity index (χ3n) is 4.29. The number of ketones is 1. The van der Waals surface area contributed by atoms with E-state index in [1.807, 2.05) is 0 Å². The molecule has 1 fully saturated rings. The molecule has 0 aromatic heterocycles. The van der Waals surface area contributed by atoms with E-state index in [0.717, 1.165) is 0 Å². The van der Waals surface area contributed by atoms with Crippen molar-refractivity contribution in [3.05, 3.63) is 23.8 Å². The first-order valence-corrected chi connectivity index (χ1v) is 8.52. The van der Waals surface area contributed by atoms with Gasteiger partial charge in [-0.3, -0.25) is 4.79 Å². The van der Waals surface area contributed by atoms with Gasteiger partial charge in [-0.05, 0) is 12.1 Å². The monoisotopic (exact) mass is 326 g/mol. The number of benzene rings is 1. The van der Waals surface area contributed by atoms with Crippen LogP contribution in [0.4, 0.5) is 0 Å². The summed E-state index contributed by atoms with van der Waals surface area (Å²) in [5.74, 6) is 0.960. The molecule has 2 heterocycles. The second kappa shape index (κ2) is 5.22. The molecule has 0 aliphatic carbocycles. The Hall–Kier alpha value is -1.64. The fourth-order valence-corrected chi connectivity index (χ4v) is 3.81. The van der Waals surface area contributed by atoms with Crippen LogP contribution in [0.25, 0.3) is 0 Å². The number of nitrogens with zero attached hydrogens (tertiary/aromatic N) is 1. The van der Waals surface area contributed by atoms with Gasteiger partial charge in [-0.15, -0.1) is 0 Å². The fourth-order valence-electron chi connectivity index (χ4n) is 3.12. The number of carbonyl (C=O) groups is 1. The molecule has 2 aliphatic heterocycles. The fraction of sp³-hybridized carbons (Fsp3) is 0.500.